The second kappa shape index (κ2) is 8.22. The molecule has 1 aromatic rings. The van der Waals surface area contributed by atoms with Gasteiger partial charge in [-0.3, -0.25) is 0 Å². The third-order valence-corrected chi connectivity index (χ3v) is 3.94. The molecule has 4 heteroatoms. The van der Waals surface area contributed by atoms with Crippen LogP contribution >= 0.6 is 12.2 Å². The van der Waals surface area contributed by atoms with Gasteiger partial charge in [0.15, 0.2) is 0 Å². The number of para-hydroxylation sites is 1. The number of benzene rings is 1. The Balaban J connectivity index is 1.67. The number of hydrogen-bond acceptors (Lipinski definition) is 3. The summed E-state index contributed by atoms with van der Waals surface area (Å²) in [6, 6.07) is 7.58. The second-order valence-corrected chi connectivity index (χ2v) is 5.73. The van der Waals surface area contributed by atoms with Crippen LogP contribution in [0.1, 0.15) is 37.7 Å². The van der Waals surface area contributed by atoms with Gasteiger partial charge in [0.25, 0.3) is 0 Å². The van der Waals surface area contributed by atoms with Crippen LogP contribution in [0.4, 0.5) is 0 Å². The highest BCUT2D eigenvalue weighted by molar-refractivity contribution is 7.80. The van der Waals surface area contributed by atoms with Gasteiger partial charge in [-0.05, 0) is 30.9 Å². The molecular formula is C16H23NO2S. The number of nitrogens with two attached hydrogens (primary N) is 1. The van der Waals surface area contributed by atoms with E-state index < -0.39 is 0 Å². The molecule has 1 fully saturated rings. The molecule has 0 amide bonds. The lowest BCUT2D eigenvalue weighted by atomic mass is 9.90. The predicted molar refractivity (Wildman–Crippen MR) is 85.2 cm³/mol. The van der Waals surface area contributed by atoms with Crippen LogP contribution in [-0.2, 0) is 4.74 Å². The van der Waals surface area contributed by atoms with Gasteiger partial charge >= 0.3 is 0 Å². The first-order valence-corrected chi connectivity index (χ1v) is 7.77. The zero-order valence-corrected chi connectivity index (χ0v) is 12.7. The SMILES string of the molecule is NC(=S)c1ccccc1OCCOCC1CCCCC1. The lowest BCUT2D eigenvalue weighted by molar-refractivity contribution is 0.0635. The maximum atomic E-state index is 5.71. The first-order valence-electron chi connectivity index (χ1n) is 7.37. The van der Waals surface area contributed by atoms with Crippen LogP contribution in [0.5, 0.6) is 5.75 Å². The van der Waals surface area contributed by atoms with Gasteiger partial charge in [0, 0.05) is 6.61 Å². The molecule has 1 saturated carbocycles. The highest BCUT2D eigenvalue weighted by Crippen LogP contribution is 2.23. The standard InChI is InChI=1S/C16H23NO2S/c17-16(20)14-8-4-5-9-15(14)19-11-10-18-12-13-6-2-1-3-7-13/h4-5,8-9,13H,1-3,6-7,10-12H2,(H2,17,20). The number of thiocarbonyl (C=S) groups is 1. The lowest BCUT2D eigenvalue weighted by Crippen LogP contribution is -2.17. The minimum Gasteiger partial charge on any atom is -0.490 e. The Kier molecular flexibility index (Phi) is 6.27. The zero-order chi connectivity index (χ0) is 14.2. The van der Waals surface area contributed by atoms with Crippen molar-refractivity contribution in [2.75, 3.05) is 19.8 Å². The van der Waals surface area contributed by atoms with Gasteiger partial charge in [0.1, 0.15) is 17.3 Å². The van der Waals surface area contributed by atoms with E-state index in [1.165, 1.54) is 32.1 Å². The lowest BCUT2D eigenvalue weighted by Gasteiger charge is -2.21. The summed E-state index contributed by atoms with van der Waals surface area (Å²) in [5, 5.41) is 0. The second-order valence-electron chi connectivity index (χ2n) is 5.29. The molecule has 0 radical (unpaired) electrons. The Labute approximate surface area is 126 Å². The molecule has 20 heavy (non-hydrogen) atoms. The van der Waals surface area contributed by atoms with Crippen molar-refractivity contribution in [2.24, 2.45) is 11.7 Å². The van der Waals surface area contributed by atoms with Crippen molar-refractivity contribution in [1.82, 2.24) is 0 Å². The Morgan fingerprint density at radius 2 is 1.90 bits per heavy atom. The molecule has 1 aromatic carbocycles. The average molecular weight is 293 g/mol. The number of ether oxygens (including phenoxy) is 2. The largest absolute Gasteiger partial charge is 0.490 e. The molecule has 0 bridgehead atoms. The van der Waals surface area contributed by atoms with Crippen LogP contribution in [0.25, 0.3) is 0 Å². The van der Waals surface area contributed by atoms with E-state index in [9.17, 15) is 0 Å². The van der Waals surface area contributed by atoms with Gasteiger partial charge in [-0.1, -0.05) is 43.6 Å². The van der Waals surface area contributed by atoms with E-state index >= 15 is 0 Å². The Hall–Kier alpha value is -1.13. The minimum absolute atomic E-state index is 0.365. The molecule has 0 atom stereocenters. The van der Waals surface area contributed by atoms with Crippen LogP contribution in [0.2, 0.25) is 0 Å². The van der Waals surface area contributed by atoms with Gasteiger partial charge in [0.2, 0.25) is 0 Å². The monoisotopic (exact) mass is 293 g/mol. The number of hydrogen-bond donors (Lipinski definition) is 1. The summed E-state index contributed by atoms with van der Waals surface area (Å²) >= 11 is 5.00. The molecule has 0 heterocycles. The van der Waals surface area contributed by atoms with E-state index in [0.29, 0.717) is 18.2 Å². The van der Waals surface area contributed by atoms with Crippen molar-refractivity contribution < 1.29 is 9.47 Å². The first kappa shape index (κ1) is 15.3. The average Bonchev–Trinajstić information content (AvgIpc) is 2.48. The van der Waals surface area contributed by atoms with Crippen molar-refractivity contribution >= 4 is 17.2 Å². The maximum Gasteiger partial charge on any atom is 0.129 e. The summed E-state index contributed by atoms with van der Waals surface area (Å²) in [6.45, 7) is 2.01. The molecule has 0 aliphatic heterocycles. The van der Waals surface area contributed by atoms with Crippen LogP contribution in [-0.4, -0.2) is 24.8 Å². The molecule has 3 nitrogen and oxygen atoms in total. The fraction of sp³-hybridized carbons (Fsp3) is 0.562. The molecule has 2 N–H and O–H groups in total. The highest BCUT2D eigenvalue weighted by Gasteiger charge is 2.13. The van der Waals surface area contributed by atoms with Gasteiger partial charge in [-0.25, -0.2) is 0 Å². The quantitative estimate of drug-likeness (QED) is 0.619. The molecule has 1 aliphatic carbocycles. The normalized spacial score (nSPS) is 16.0. The fourth-order valence-electron chi connectivity index (χ4n) is 2.61. The van der Waals surface area contributed by atoms with E-state index in [1.54, 1.807) is 0 Å². The molecule has 0 aromatic heterocycles. The summed E-state index contributed by atoms with van der Waals surface area (Å²) in [4.78, 5) is 0.365. The fourth-order valence-corrected chi connectivity index (χ4v) is 2.78. The molecule has 110 valence electrons. The van der Waals surface area contributed by atoms with Crippen LogP contribution in [0.3, 0.4) is 0 Å². The summed E-state index contributed by atoms with van der Waals surface area (Å²) in [6.07, 6.45) is 6.71. The maximum absolute atomic E-state index is 5.71. The molecule has 0 saturated heterocycles. The third-order valence-electron chi connectivity index (χ3n) is 3.72. The zero-order valence-electron chi connectivity index (χ0n) is 11.8. The van der Waals surface area contributed by atoms with E-state index in [2.05, 4.69) is 0 Å². The van der Waals surface area contributed by atoms with Crippen molar-refractivity contribution in [1.29, 1.82) is 0 Å². The molecular weight excluding hydrogens is 270 g/mol. The van der Waals surface area contributed by atoms with Crippen molar-refractivity contribution in [3.63, 3.8) is 0 Å². The molecule has 1 aliphatic rings. The summed E-state index contributed by atoms with van der Waals surface area (Å²) in [7, 11) is 0. The van der Waals surface area contributed by atoms with E-state index in [-0.39, 0.29) is 0 Å². The smallest absolute Gasteiger partial charge is 0.129 e. The number of rotatable bonds is 7. The minimum atomic E-state index is 0.365. The molecule has 2 rings (SSSR count). The Morgan fingerprint density at radius 3 is 2.65 bits per heavy atom. The predicted octanol–water partition coefficient (Wildman–Crippen LogP) is 3.30. The summed E-state index contributed by atoms with van der Waals surface area (Å²) in [5.41, 5.74) is 6.45. The van der Waals surface area contributed by atoms with Gasteiger partial charge < -0.3 is 15.2 Å². The summed E-state index contributed by atoms with van der Waals surface area (Å²) in [5.74, 6) is 1.48. The Bertz CT molecular complexity index is 430. The van der Waals surface area contributed by atoms with Gasteiger partial charge in [-0.15, -0.1) is 0 Å². The van der Waals surface area contributed by atoms with E-state index in [1.807, 2.05) is 24.3 Å². The highest BCUT2D eigenvalue weighted by atomic mass is 32.1. The van der Waals surface area contributed by atoms with Crippen molar-refractivity contribution in [3.8, 4) is 5.75 Å². The molecule has 0 spiro atoms. The topological polar surface area (TPSA) is 44.5 Å². The van der Waals surface area contributed by atoms with Crippen LogP contribution in [0, 0.1) is 5.92 Å². The molecule has 0 unspecified atom stereocenters. The van der Waals surface area contributed by atoms with E-state index in [0.717, 1.165) is 23.8 Å². The Morgan fingerprint density at radius 1 is 1.15 bits per heavy atom. The van der Waals surface area contributed by atoms with Gasteiger partial charge in [0.05, 0.1) is 12.2 Å². The van der Waals surface area contributed by atoms with Crippen LogP contribution in [0.15, 0.2) is 24.3 Å². The third kappa shape index (κ3) is 4.76. The van der Waals surface area contributed by atoms with Gasteiger partial charge in [-0.2, -0.15) is 0 Å². The van der Waals surface area contributed by atoms with E-state index in [4.69, 9.17) is 27.4 Å². The summed E-state index contributed by atoms with van der Waals surface area (Å²) < 4.78 is 11.4. The first-order chi connectivity index (χ1) is 9.77. The van der Waals surface area contributed by atoms with Crippen LogP contribution < -0.4 is 10.5 Å². The van der Waals surface area contributed by atoms with Crippen molar-refractivity contribution in [2.45, 2.75) is 32.1 Å². The van der Waals surface area contributed by atoms with Crippen molar-refractivity contribution in [3.05, 3.63) is 29.8 Å².